The van der Waals surface area contributed by atoms with Crippen LogP contribution in [0.15, 0.2) is 36.5 Å². The van der Waals surface area contributed by atoms with Crippen molar-refractivity contribution in [2.75, 3.05) is 7.11 Å². The molecule has 0 saturated heterocycles. The van der Waals surface area contributed by atoms with Crippen LogP contribution < -0.4 is 5.32 Å². The number of aromatic hydroxyl groups is 1. The Hall–Kier alpha value is -2.96. The summed E-state index contributed by atoms with van der Waals surface area (Å²) in [4.78, 5) is 28.6. The van der Waals surface area contributed by atoms with E-state index in [1.165, 1.54) is 31.5 Å². The number of rotatable bonds is 3. The molecule has 0 radical (unpaired) electrons. The van der Waals surface area contributed by atoms with E-state index in [-0.39, 0.29) is 24.3 Å². The molecule has 1 unspecified atom stereocenters. The molecule has 1 aromatic heterocycles. The Bertz CT molecular complexity index is 824. The van der Waals surface area contributed by atoms with Gasteiger partial charge in [0.1, 0.15) is 17.1 Å². The summed E-state index contributed by atoms with van der Waals surface area (Å²) >= 11 is 0. The lowest BCUT2D eigenvalue weighted by Crippen LogP contribution is -2.56. The Morgan fingerprint density at radius 3 is 2.75 bits per heavy atom. The Labute approximate surface area is 137 Å². The first-order valence-electron chi connectivity index (χ1n) is 7.28. The van der Waals surface area contributed by atoms with Gasteiger partial charge in [-0.3, -0.25) is 4.79 Å². The number of nitrogens with zero attached hydrogens (tertiary/aromatic N) is 1. The zero-order chi connectivity index (χ0) is 17.3. The lowest BCUT2D eigenvalue weighted by Gasteiger charge is -2.27. The highest BCUT2D eigenvalue weighted by Gasteiger charge is 2.47. The molecule has 24 heavy (non-hydrogen) atoms. The molecule has 0 aliphatic heterocycles. The maximum atomic E-state index is 14.0. The van der Waals surface area contributed by atoms with Crippen LogP contribution in [0.5, 0.6) is 5.75 Å². The molecule has 1 heterocycles. The predicted octanol–water partition coefficient (Wildman–Crippen LogP) is 1.37. The highest BCUT2D eigenvalue weighted by Crippen LogP contribution is 2.33. The third kappa shape index (κ3) is 2.58. The Morgan fingerprint density at radius 2 is 2.08 bits per heavy atom. The number of amides is 1. The standard InChI is InChI=1S/C17H15FN2O4/c1-24-16(23)17(8-10-4-2-5-12(18)11(10)9-17)20-15(22)14-13(21)6-3-7-19-14/h2-7,21H,8-9H2,1H3,(H,20,22). The van der Waals surface area contributed by atoms with Crippen molar-refractivity contribution < 1.29 is 23.8 Å². The Balaban J connectivity index is 1.95. The van der Waals surface area contributed by atoms with Crippen molar-refractivity contribution in [1.82, 2.24) is 10.3 Å². The quantitative estimate of drug-likeness (QED) is 0.830. The van der Waals surface area contributed by atoms with Crippen LogP contribution >= 0.6 is 0 Å². The van der Waals surface area contributed by atoms with Gasteiger partial charge in [0, 0.05) is 19.0 Å². The minimum atomic E-state index is -1.43. The van der Waals surface area contributed by atoms with Crippen molar-refractivity contribution in [3.63, 3.8) is 0 Å². The van der Waals surface area contributed by atoms with Crippen LogP contribution in [-0.2, 0) is 22.4 Å². The first-order valence-corrected chi connectivity index (χ1v) is 7.28. The first-order chi connectivity index (χ1) is 11.5. The summed E-state index contributed by atoms with van der Waals surface area (Å²) in [5.74, 6) is -2.15. The number of ether oxygens (including phenoxy) is 1. The Kier molecular flexibility index (Phi) is 3.92. The maximum Gasteiger partial charge on any atom is 0.332 e. The van der Waals surface area contributed by atoms with Crippen molar-refractivity contribution in [2.45, 2.75) is 18.4 Å². The van der Waals surface area contributed by atoms with E-state index < -0.39 is 23.2 Å². The second-order valence-electron chi connectivity index (χ2n) is 5.63. The van der Waals surface area contributed by atoms with Gasteiger partial charge in [-0.15, -0.1) is 0 Å². The fourth-order valence-electron chi connectivity index (χ4n) is 2.98. The van der Waals surface area contributed by atoms with Gasteiger partial charge in [-0.2, -0.15) is 0 Å². The minimum Gasteiger partial charge on any atom is -0.505 e. The van der Waals surface area contributed by atoms with Gasteiger partial charge in [-0.25, -0.2) is 14.2 Å². The van der Waals surface area contributed by atoms with E-state index in [9.17, 15) is 19.1 Å². The van der Waals surface area contributed by atoms with Gasteiger partial charge in [0.05, 0.1) is 7.11 Å². The van der Waals surface area contributed by atoms with Crippen molar-refractivity contribution in [2.24, 2.45) is 0 Å². The fourth-order valence-corrected chi connectivity index (χ4v) is 2.98. The number of pyridine rings is 1. The number of esters is 1. The molecule has 0 saturated carbocycles. The molecule has 0 spiro atoms. The van der Waals surface area contributed by atoms with E-state index in [1.807, 2.05) is 0 Å². The summed E-state index contributed by atoms with van der Waals surface area (Å²) in [5, 5.41) is 12.3. The van der Waals surface area contributed by atoms with Crippen molar-refractivity contribution in [1.29, 1.82) is 0 Å². The van der Waals surface area contributed by atoms with Gasteiger partial charge in [0.25, 0.3) is 5.91 Å². The molecule has 2 N–H and O–H groups in total. The van der Waals surface area contributed by atoms with Crippen LogP contribution in [0.3, 0.4) is 0 Å². The number of carbonyl (C=O) groups is 2. The predicted molar refractivity (Wildman–Crippen MR) is 81.9 cm³/mol. The summed E-state index contributed by atoms with van der Waals surface area (Å²) in [6, 6.07) is 7.35. The highest BCUT2D eigenvalue weighted by molar-refractivity contribution is 5.99. The number of aromatic nitrogens is 1. The van der Waals surface area contributed by atoms with Crippen LogP contribution in [-0.4, -0.2) is 34.6 Å². The maximum absolute atomic E-state index is 14.0. The number of fused-ring (bicyclic) bond motifs is 1. The molecular formula is C17H15FN2O4. The van der Waals surface area contributed by atoms with Crippen LogP contribution in [0, 0.1) is 5.82 Å². The molecule has 6 nitrogen and oxygen atoms in total. The number of benzene rings is 1. The first kappa shape index (κ1) is 15.9. The highest BCUT2D eigenvalue weighted by atomic mass is 19.1. The van der Waals surface area contributed by atoms with Crippen LogP contribution in [0.2, 0.25) is 0 Å². The molecule has 1 aliphatic rings. The summed E-state index contributed by atoms with van der Waals surface area (Å²) in [7, 11) is 1.20. The molecule has 0 fully saturated rings. The second-order valence-corrected chi connectivity index (χ2v) is 5.63. The molecule has 7 heteroatoms. The molecule has 1 atom stereocenters. The number of carbonyl (C=O) groups excluding carboxylic acids is 2. The Morgan fingerprint density at radius 1 is 1.29 bits per heavy atom. The lowest BCUT2D eigenvalue weighted by molar-refractivity contribution is -0.147. The zero-order valence-corrected chi connectivity index (χ0v) is 12.9. The topological polar surface area (TPSA) is 88.5 Å². The molecule has 1 amide bonds. The van der Waals surface area contributed by atoms with Crippen LogP contribution in [0.4, 0.5) is 4.39 Å². The average Bonchev–Trinajstić information content (AvgIpc) is 2.95. The zero-order valence-electron chi connectivity index (χ0n) is 12.9. The number of halogens is 1. The van der Waals surface area contributed by atoms with Crippen LogP contribution in [0.25, 0.3) is 0 Å². The van der Waals surface area contributed by atoms with Crippen LogP contribution in [0.1, 0.15) is 21.6 Å². The van der Waals surface area contributed by atoms with Crippen molar-refractivity contribution in [3.8, 4) is 5.75 Å². The van der Waals surface area contributed by atoms with E-state index >= 15 is 0 Å². The smallest absolute Gasteiger partial charge is 0.332 e. The largest absolute Gasteiger partial charge is 0.505 e. The monoisotopic (exact) mass is 330 g/mol. The van der Waals surface area contributed by atoms with E-state index in [1.54, 1.807) is 12.1 Å². The summed E-state index contributed by atoms with van der Waals surface area (Å²) in [5.41, 5.74) is -0.642. The molecule has 124 valence electrons. The van der Waals surface area contributed by atoms with E-state index in [4.69, 9.17) is 4.74 Å². The molecule has 3 rings (SSSR count). The van der Waals surface area contributed by atoms with Gasteiger partial charge in [0.2, 0.25) is 0 Å². The summed E-state index contributed by atoms with van der Waals surface area (Å²) in [6.45, 7) is 0. The summed E-state index contributed by atoms with van der Waals surface area (Å²) in [6.07, 6.45) is 1.43. The van der Waals surface area contributed by atoms with Gasteiger partial charge >= 0.3 is 5.97 Å². The molecule has 2 aromatic rings. The molecular weight excluding hydrogens is 315 g/mol. The van der Waals surface area contributed by atoms with Gasteiger partial charge in [-0.05, 0) is 29.3 Å². The number of hydrogen-bond donors (Lipinski definition) is 2. The fraction of sp³-hybridized carbons (Fsp3) is 0.235. The molecule has 1 aromatic carbocycles. The number of methoxy groups -OCH3 is 1. The van der Waals surface area contributed by atoms with Crippen molar-refractivity contribution >= 4 is 11.9 Å². The third-order valence-electron chi connectivity index (χ3n) is 4.12. The normalized spacial score (nSPS) is 18.8. The minimum absolute atomic E-state index is 0.0268. The van der Waals surface area contributed by atoms with E-state index in [0.29, 0.717) is 11.1 Å². The van der Waals surface area contributed by atoms with E-state index in [2.05, 4.69) is 10.3 Å². The third-order valence-corrected chi connectivity index (χ3v) is 4.12. The van der Waals surface area contributed by atoms with Crippen molar-refractivity contribution in [3.05, 3.63) is 59.2 Å². The lowest BCUT2D eigenvalue weighted by atomic mass is 9.95. The van der Waals surface area contributed by atoms with Gasteiger partial charge in [-0.1, -0.05) is 12.1 Å². The van der Waals surface area contributed by atoms with E-state index in [0.717, 1.165) is 0 Å². The molecule has 1 aliphatic carbocycles. The average molecular weight is 330 g/mol. The van der Waals surface area contributed by atoms with Gasteiger partial charge < -0.3 is 15.2 Å². The number of hydrogen-bond acceptors (Lipinski definition) is 5. The molecule has 0 bridgehead atoms. The SMILES string of the molecule is COC(=O)C1(NC(=O)c2ncccc2O)Cc2cccc(F)c2C1. The van der Waals surface area contributed by atoms with Gasteiger partial charge in [0.15, 0.2) is 5.69 Å². The summed E-state index contributed by atoms with van der Waals surface area (Å²) < 4.78 is 18.8. The second kappa shape index (κ2) is 5.92. The number of nitrogens with one attached hydrogen (secondary N) is 1.